The molecule has 0 atom stereocenters. The fraction of sp³-hybridized carbons (Fsp3) is 0.292. The largest absolute Gasteiger partial charge is 0.469 e. The van der Waals surface area contributed by atoms with Crippen LogP contribution in [0.3, 0.4) is 0 Å². The van der Waals surface area contributed by atoms with E-state index in [1.54, 1.807) is 12.1 Å². The molecule has 0 spiro atoms. The number of carbonyl (C=O) groups is 2. The van der Waals surface area contributed by atoms with Crippen molar-refractivity contribution >= 4 is 17.6 Å². The van der Waals surface area contributed by atoms with E-state index in [9.17, 15) is 9.59 Å². The van der Waals surface area contributed by atoms with Gasteiger partial charge in [-0.2, -0.15) is 5.10 Å². The van der Waals surface area contributed by atoms with Crippen LogP contribution in [0.4, 0.5) is 5.69 Å². The molecule has 1 amide bonds. The van der Waals surface area contributed by atoms with E-state index in [0.29, 0.717) is 18.4 Å². The smallest absolute Gasteiger partial charge is 0.305 e. The average molecular weight is 405 g/mol. The van der Waals surface area contributed by atoms with Crippen LogP contribution in [0.5, 0.6) is 0 Å². The highest BCUT2D eigenvalue weighted by Crippen LogP contribution is 2.21. The molecular formula is C24H27N3O3. The minimum atomic E-state index is -0.235. The molecule has 3 rings (SSSR count). The first-order chi connectivity index (χ1) is 14.4. The lowest BCUT2D eigenvalue weighted by Crippen LogP contribution is -2.13. The topological polar surface area (TPSA) is 73.2 Å². The number of rotatable bonds is 7. The standard InChI is InChI=1S/C24H27N3O3/c1-5-18-8-6-7-9-22(18)25-24(29)19-10-12-20(13-11-19)27-17(3)21(16(2)26-27)14-15-23(28)30-4/h6-13H,5,14-15H2,1-4H3,(H,25,29). The highest BCUT2D eigenvalue weighted by molar-refractivity contribution is 6.04. The summed E-state index contributed by atoms with van der Waals surface area (Å²) in [6.45, 7) is 5.98. The summed E-state index contributed by atoms with van der Waals surface area (Å²) in [4.78, 5) is 24.1. The predicted octanol–water partition coefficient (Wildman–Crippen LogP) is 4.41. The van der Waals surface area contributed by atoms with Gasteiger partial charge in [-0.25, -0.2) is 4.68 Å². The number of aryl methyl sites for hydroxylation is 2. The molecule has 0 aliphatic heterocycles. The molecule has 0 bridgehead atoms. The zero-order chi connectivity index (χ0) is 21.7. The number of carbonyl (C=O) groups excluding carboxylic acids is 2. The number of para-hydroxylation sites is 1. The Bertz CT molecular complexity index is 1050. The number of methoxy groups -OCH3 is 1. The maximum Gasteiger partial charge on any atom is 0.305 e. The van der Waals surface area contributed by atoms with E-state index in [-0.39, 0.29) is 11.9 Å². The number of hydrogen-bond donors (Lipinski definition) is 1. The Morgan fingerprint density at radius 2 is 1.77 bits per heavy atom. The van der Waals surface area contributed by atoms with E-state index < -0.39 is 0 Å². The van der Waals surface area contributed by atoms with Gasteiger partial charge < -0.3 is 10.1 Å². The van der Waals surface area contributed by atoms with Crippen molar-refractivity contribution in [2.75, 3.05) is 12.4 Å². The average Bonchev–Trinajstić information content (AvgIpc) is 3.05. The molecule has 6 heteroatoms. The van der Waals surface area contributed by atoms with Crippen LogP contribution in [0.15, 0.2) is 48.5 Å². The number of nitrogens with one attached hydrogen (secondary N) is 1. The highest BCUT2D eigenvalue weighted by Gasteiger charge is 2.15. The number of benzene rings is 2. The van der Waals surface area contributed by atoms with Crippen molar-refractivity contribution < 1.29 is 14.3 Å². The minimum absolute atomic E-state index is 0.144. The van der Waals surface area contributed by atoms with E-state index in [0.717, 1.165) is 40.3 Å². The van der Waals surface area contributed by atoms with Gasteiger partial charge in [0.05, 0.1) is 18.5 Å². The van der Waals surface area contributed by atoms with Crippen molar-refractivity contribution in [2.24, 2.45) is 0 Å². The maximum absolute atomic E-state index is 12.7. The molecular weight excluding hydrogens is 378 g/mol. The lowest BCUT2D eigenvalue weighted by molar-refractivity contribution is -0.140. The normalized spacial score (nSPS) is 10.7. The summed E-state index contributed by atoms with van der Waals surface area (Å²) in [5, 5.41) is 7.60. The molecule has 3 aromatic rings. The number of amides is 1. The van der Waals surface area contributed by atoms with Gasteiger partial charge in [-0.1, -0.05) is 25.1 Å². The van der Waals surface area contributed by atoms with Crippen molar-refractivity contribution in [1.29, 1.82) is 0 Å². The van der Waals surface area contributed by atoms with Gasteiger partial charge >= 0.3 is 5.97 Å². The molecule has 0 unspecified atom stereocenters. The van der Waals surface area contributed by atoms with Crippen molar-refractivity contribution in [3.05, 3.63) is 76.6 Å². The quantitative estimate of drug-likeness (QED) is 0.591. The summed E-state index contributed by atoms with van der Waals surface area (Å²) in [5.74, 6) is -0.379. The fourth-order valence-electron chi connectivity index (χ4n) is 3.52. The molecule has 0 fully saturated rings. The van der Waals surface area contributed by atoms with Gasteiger partial charge in [-0.05, 0) is 68.1 Å². The second-order valence-electron chi connectivity index (χ2n) is 7.15. The third-order valence-corrected chi connectivity index (χ3v) is 5.27. The van der Waals surface area contributed by atoms with E-state index in [1.165, 1.54) is 7.11 Å². The molecule has 156 valence electrons. The number of nitrogens with zero attached hydrogens (tertiary/aromatic N) is 2. The van der Waals surface area contributed by atoms with E-state index >= 15 is 0 Å². The van der Waals surface area contributed by atoms with Gasteiger partial charge in [0.15, 0.2) is 0 Å². The second kappa shape index (κ2) is 9.39. The molecule has 0 aliphatic carbocycles. The van der Waals surface area contributed by atoms with Gasteiger partial charge in [-0.15, -0.1) is 0 Å². The summed E-state index contributed by atoms with van der Waals surface area (Å²) in [6.07, 6.45) is 1.76. The zero-order valence-corrected chi connectivity index (χ0v) is 17.9. The molecule has 0 aliphatic rings. The summed E-state index contributed by atoms with van der Waals surface area (Å²) in [6, 6.07) is 15.2. The van der Waals surface area contributed by atoms with Crippen LogP contribution in [0.25, 0.3) is 5.69 Å². The van der Waals surface area contributed by atoms with Gasteiger partial charge in [0, 0.05) is 23.4 Å². The lowest BCUT2D eigenvalue weighted by atomic mass is 10.1. The molecule has 2 aromatic carbocycles. The van der Waals surface area contributed by atoms with Gasteiger partial charge in [0.1, 0.15) is 0 Å². The van der Waals surface area contributed by atoms with Crippen LogP contribution in [-0.2, 0) is 22.4 Å². The Kier molecular flexibility index (Phi) is 6.67. The Balaban J connectivity index is 1.77. The first-order valence-corrected chi connectivity index (χ1v) is 10.1. The third-order valence-electron chi connectivity index (χ3n) is 5.27. The fourth-order valence-corrected chi connectivity index (χ4v) is 3.52. The van der Waals surface area contributed by atoms with Gasteiger partial charge in [-0.3, -0.25) is 9.59 Å². The number of anilines is 1. The van der Waals surface area contributed by atoms with Crippen LogP contribution >= 0.6 is 0 Å². The number of ether oxygens (including phenoxy) is 1. The second-order valence-corrected chi connectivity index (χ2v) is 7.15. The highest BCUT2D eigenvalue weighted by atomic mass is 16.5. The molecule has 1 N–H and O–H groups in total. The molecule has 0 radical (unpaired) electrons. The molecule has 6 nitrogen and oxygen atoms in total. The summed E-state index contributed by atoms with van der Waals surface area (Å²) >= 11 is 0. The summed E-state index contributed by atoms with van der Waals surface area (Å²) < 4.78 is 6.58. The predicted molar refractivity (Wildman–Crippen MR) is 117 cm³/mol. The SMILES string of the molecule is CCc1ccccc1NC(=O)c1ccc(-n2nc(C)c(CCC(=O)OC)c2C)cc1. The zero-order valence-electron chi connectivity index (χ0n) is 17.9. The Morgan fingerprint density at radius 1 is 1.07 bits per heavy atom. The van der Waals surface area contributed by atoms with Crippen molar-refractivity contribution in [2.45, 2.75) is 40.0 Å². The molecule has 1 heterocycles. The van der Waals surface area contributed by atoms with Crippen molar-refractivity contribution in [1.82, 2.24) is 9.78 Å². The molecule has 30 heavy (non-hydrogen) atoms. The van der Waals surface area contributed by atoms with Crippen LogP contribution in [0.1, 0.15) is 46.2 Å². The Labute approximate surface area is 176 Å². The van der Waals surface area contributed by atoms with E-state index in [4.69, 9.17) is 4.74 Å². The van der Waals surface area contributed by atoms with Gasteiger partial charge in [0.25, 0.3) is 5.91 Å². The van der Waals surface area contributed by atoms with Crippen LogP contribution in [-0.4, -0.2) is 28.8 Å². The Morgan fingerprint density at radius 3 is 2.43 bits per heavy atom. The monoisotopic (exact) mass is 405 g/mol. The van der Waals surface area contributed by atoms with Crippen LogP contribution in [0.2, 0.25) is 0 Å². The van der Waals surface area contributed by atoms with E-state index in [2.05, 4.69) is 17.3 Å². The summed E-state index contributed by atoms with van der Waals surface area (Å²) in [5.41, 5.74) is 6.29. The molecule has 0 saturated heterocycles. The van der Waals surface area contributed by atoms with Gasteiger partial charge in [0.2, 0.25) is 0 Å². The van der Waals surface area contributed by atoms with Crippen LogP contribution in [0, 0.1) is 13.8 Å². The van der Waals surface area contributed by atoms with Crippen molar-refractivity contribution in [3.63, 3.8) is 0 Å². The minimum Gasteiger partial charge on any atom is -0.469 e. The van der Waals surface area contributed by atoms with Crippen LogP contribution < -0.4 is 5.32 Å². The number of hydrogen-bond acceptors (Lipinski definition) is 4. The maximum atomic E-state index is 12.7. The van der Waals surface area contributed by atoms with Crippen molar-refractivity contribution in [3.8, 4) is 5.69 Å². The third kappa shape index (κ3) is 4.59. The Hall–Kier alpha value is -3.41. The summed E-state index contributed by atoms with van der Waals surface area (Å²) in [7, 11) is 1.39. The first kappa shape index (κ1) is 21.3. The lowest BCUT2D eigenvalue weighted by Gasteiger charge is -2.10. The number of aromatic nitrogens is 2. The number of esters is 1. The first-order valence-electron chi connectivity index (χ1n) is 10.1. The molecule has 1 aromatic heterocycles. The van der Waals surface area contributed by atoms with E-state index in [1.807, 2.05) is 54.9 Å². The molecule has 0 saturated carbocycles.